The van der Waals surface area contributed by atoms with Gasteiger partial charge in [-0.25, -0.2) is 4.39 Å². The number of carbonyl (C=O) groups is 1. The summed E-state index contributed by atoms with van der Waals surface area (Å²) in [7, 11) is 0. The van der Waals surface area contributed by atoms with Crippen LogP contribution in [-0.4, -0.2) is 37.3 Å². The van der Waals surface area contributed by atoms with Crippen LogP contribution in [0.2, 0.25) is 0 Å². The zero-order valence-corrected chi connectivity index (χ0v) is 12.5. The van der Waals surface area contributed by atoms with Crippen LogP contribution >= 0.6 is 0 Å². The molecule has 0 saturated carbocycles. The highest BCUT2D eigenvalue weighted by Crippen LogP contribution is 2.22. The lowest BCUT2D eigenvalue weighted by Gasteiger charge is -2.29. The van der Waals surface area contributed by atoms with E-state index in [1.54, 1.807) is 6.07 Å². The van der Waals surface area contributed by atoms with Crippen LogP contribution in [0.25, 0.3) is 0 Å². The minimum atomic E-state index is -0.522. The molecule has 5 nitrogen and oxygen atoms in total. The first kappa shape index (κ1) is 15.7. The monoisotopic (exact) mass is 296 g/mol. The van der Waals surface area contributed by atoms with Crippen molar-refractivity contribution in [2.45, 2.75) is 39.0 Å². The minimum absolute atomic E-state index is 0.0331. The molecule has 1 aromatic rings. The second kappa shape index (κ2) is 6.87. The van der Waals surface area contributed by atoms with E-state index >= 15 is 0 Å². The Morgan fingerprint density at radius 1 is 1.52 bits per heavy atom. The molecule has 0 aliphatic carbocycles. The smallest absolute Gasteiger partial charge is 0.244 e. The first-order valence-corrected chi connectivity index (χ1v) is 7.09. The highest BCUT2D eigenvalue weighted by atomic mass is 19.1. The van der Waals surface area contributed by atoms with Gasteiger partial charge in [0.2, 0.25) is 5.91 Å². The van der Waals surface area contributed by atoms with Crippen molar-refractivity contribution in [2.75, 3.05) is 18.5 Å². The lowest BCUT2D eigenvalue weighted by atomic mass is 10.1. The number of carbonyl (C=O) groups excluding carboxylic acids is 1. The number of amides is 1. The summed E-state index contributed by atoms with van der Waals surface area (Å²) in [6, 6.07) is 3.92. The van der Waals surface area contributed by atoms with Crippen molar-refractivity contribution in [1.29, 1.82) is 0 Å². The van der Waals surface area contributed by atoms with Gasteiger partial charge in [0.25, 0.3) is 0 Å². The SMILES string of the molecule is CC(C)Oc1ccc(NC(=O)[C@H]2NCCO[C@@H]2C)c(F)c1. The molecule has 0 unspecified atom stereocenters. The third-order valence-electron chi connectivity index (χ3n) is 3.17. The van der Waals surface area contributed by atoms with Crippen molar-refractivity contribution in [3.05, 3.63) is 24.0 Å². The minimum Gasteiger partial charge on any atom is -0.491 e. The van der Waals surface area contributed by atoms with Gasteiger partial charge in [0.15, 0.2) is 0 Å². The van der Waals surface area contributed by atoms with Gasteiger partial charge < -0.3 is 20.1 Å². The van der Waals surface area contributed by atoms with E-state index in [4.69, 9.17) is 9.47 Å². The Morgan fingerprint density at radius 2 is 2.29 bits per heavy atom. The maximum atomic E-state index is 14.0. The fraction of sp³-hybridized carbons (Fsp3) is 0.533. The van der Waals surface area contributed by atoms with E-state index < -0.39 is 11.9 Å². The molecule has 6 heteroatoms. The molecule has 1 fully saturated rings. The van der Waals surface area contributed by atoms with Gasteiger partial charge in [-0.05, 0) is 32.9 Å². The van der Waals surface area contributed by atoms with Crippen molar-refractivity contribution in [3.8, 4) is 5.75 Å². The van der Waals surface area contributed by atoms with E-state index in [0.29, 0.717) is 18.9 Å². The summed E-state index contributed by atoms with van der Waals surface area (Å²) in [5, 5.41) is 5.64. The predicted octanol–water partition coefficient (Wildman–Crippen LogP) is 1.93. The van der Waals surface area contributed by atoms with Gasteiger partial charge in [0.1, 0.15) is 17.6 Å². The number of rotatable bonds is 4. The largest absolute Gasteiger partial charge is 0.491 e. The first-order chi connectivity index (χ1) is 9.97. The number of anilines is 1. The number of ether oxygens (including phenoxy) is 2. The Hall–Kier alpha value is -1.66. The Bertz CT molecular complexity index is 508. The van der Waals surface area contributed by atoms with E-state index in [2.05, 4.69) is 10.6 Å². The molecule has 21 heavy (non-hydrogen) atoms. The summed E-state index contributed by atoms with van der Waals surface area (Å²) in [6.07, 6.45) is -0.278. The molecule has 1 aliphatic rings. The molecule has 0 bridgehead atoms. The molecule has 2 atom stereocenters. The number of morpholine rings is 1. The van der Waals surface area contributed by atoms with Gasteiger partial charge in [0, 0.05) is 12.6 Å². The van der Waals surface area contributed by atoms with Gasteiger partial charge in [0.05, 0.1) is 24.5 Å². The highest BCUT2D eigenvalue weighted by molar-refractivity contribution is 5.95. The van der Waals surface area contributed by atoms with Gasteiger partial charge in [-0.3, -0.25) is 4.79 Å². The first-order valence-electron chi connectivity index (χ1n) is 7.09. The molecule has 1 amide bonds. The van der Waals surface area contributed by atoms with Gasteiger partial charge in [-0.2, -0.15) is 0 Å². The van der Waals surface area contributed by atoms with Crippen LogP contribution in [0, 0.1) is 5.82 Å². The third-order valence-corrected chi connectivity index (χ3v) is 3.17. The lowest BCUT2D eigenvalue weighted by molar-refractivity contribution is -0.123. The zero-order valence-electron chi connectivity index (χ0n) is 12.5. The van der Waals surface area contributed by atoms with Crippen molar-refractivity contribution in [3.63, 3.8) is 0 Å². The average Bonchev–Trinajstić information content (AvgIpc) is 2.41. The third kappa shape index (κ3) is 4.15. The predicted molar refractivity (Wildman–Crippen MR) is 78.0 cm³/mol. The van der Waals surface area contributed by atoms with Gasteiger partial charge >= 0.3 is 0 Å². The van der Waals surface area contributed by atoms with E-state index in [1.165, 1.54) is 12.1 Å². The molecular formula is C15H21FN2O3. The fourth-order valence-electron chi connectivity index (χ4n) is 2.18. The molecule has 0 spiro atoms. The van der Waals surface area contributed by atoms with Gasteiger partial charge in [-0.15, -0.1) is 0 Å². The average molecular weight is 296 g/mol. The van der Waals surface area contributed by atoms with Crippen LogP contribution in [-0.2, 0) is 9.53 Å². The van der Waals surface area contributed by atoms with E-state index in [9.17, 15) is 9.18 Å². The molecule has 2 rings (SSSR count). The number of hydrogen-bond donors (Lipinski definition) is 2. The van der Waals surface area contributed by atoms with E-state index in [-0.39, 0.29) is 23.8 Å². The normalized spacial score (nSPS) is 22.1. The molecule has 1 aromatic carbocycles. The summed E-state index contributed by atoms with van der Waals surface area (Å²) in [6.45, 7) is 6.71. The molecular weight excluding hydrogens is 275 g/mol. The lowest BCUT2D eigenvalue weighted by Crippen LogP contribution is -2.53. The molecule has 1 saturated heterocycles. The number of halogens is 1. The molecule has 1 aliphatic heterocycles. The van der Waals surface area contributed by atoms with E-state index in [1.807, 2.05) is 20.8 Å². The maximum absolute atomic E-state index is 14.0. The number of hydrogen-bond acceptors (Lipinski definition) is 4. The summed E-state index contributed by atoms with van der Waals surface area (Å²) in [5.41, 5.74) is 0.135. The molecule has 1 heterocycles. The Morgan fingerprint density at radius 3 is 2.90 bits per heavy atom. The maximum Gasteiger partial charge on any atom is 0.244 e. The summed E-state index contributed by atoms with van der Waals surface area (Å²) >= 11 is 0. The second-order valence-corrected chi connectivity index (χ2v) is 5.31. The van der Waals surface area contributed by atoms with Crippen LogP contribution in [0.1, 0.15) is 20.8 Å². The van der Waals surface area contributed by atoms with Crippen molar-refractivity contribution in [1.82, 2.24) is 5.32 Å². The van der Waals surface area contributed by atoms with Crippen LogP contribution < -0.4 is 15.4 Å². The molecule has 116 valence electrons. The Labute approximate surface area is 123 Å². The molecule has 0 aromatic heterocycles. The van der Waals surface area contributed by atoms with Crippen LogP contribution in [0.15, 0.2) is 18.2 Å². The van der Waals surface area contributed by atoms with Crippen molar-refractivity contribution >= 4 is 11.6 Å². The van der Waals surface area contributed by atoms with Crippen molar-refractivity contribution < 1.29 is 18.7 Å². The number of nitrogens with one attached hydrogen (secondary N) is 2. The Balaban J connectivity index is 2.03. The van der Waals surface area contributed by atoms with Crippen LogP contribution in [0.3, 0.4) is 0 Å². The molecule has 2 N–H and O–H groups in total. The number of benzene rings is 1. The fourth-order valence-corrected chi connectivity index (χ4v) is 2.18. The Kier molecular flexibility index (Phi) is 5.14. The standard InChI is InChI=1S/C15H21FN2O3/c1-9(2)21-11-4-5-13(12(16)8-11)18-15(19)14-10(3)20-7-6-17-14/h4-5,8-10,14,17H,6-7H2,1-3H3,(H,18,19)/t10-,14+/m1/s1. The zero-order chi connectivity index (χ0) is 15.4. The summed E-state index contributed by atoms with van der Waals surface area (Å²) in [4.78, 5) is 12.1. The van der Waals surface area contributed by atoms with Crippen LogP contribution in [0.4, 0.5) is 10.1 Å². The van der Waals surface area contributed by atoms with Crippen molar-refractivity contribution in [2.24, 2.45) is 0 Å². The van der Waals surface area contributed by atoms with Crippen LogP contribution in [0.5, 0.6) is 5.75 Å². The topological polar surface area (TPSA) is 59.6 Å². The van der Waals surface area contributed by atoms with E-state index in [0.717, 1.165) is 0 Å². The summed E-state index contributed by atoms with van der Waals surface area (Å²) < 4.78 is 24.8. The summed E-state index contributed by atoms with van der Waals surface area (Å²) in [5.74, 6) is -0.391. The van der Waals surface area contributed by atoms with Gasteiger partial charge in [-0.1, -0.05) is 0 Å². The second-order valence-electron chi connectivity index (χ2n) is 5.31. The molecule has 0 radical (unpaired) electrons. The quantitative estimate of drug-likeness (QED) is 0.891. The highest BCUT2D eigenvalue weighted by Gasteiger charge is 2.28.